The van der Waals surface area contributed by atoms with E-state index in [0.717, 1.165) is 4.90 Å². The maximum atomic E-state index is 13.3. The number of esters is 1. The standard InChI is InChI=1S/C21H29NO5/c1-7-9-11-13-21(14-12-10-8-2)15-16(17(23)26-6)22(18(21)24)19(25)27-20(3,4)5/h9-10,16H,1-2,11-15H2,3-6H3/t16-/m0/s1. The van der Waals surface area contributed by atoms with Gasteiger partial charge in [-0.1, -0.05) is 13.2 Å². The monoisotopic (exact) mass is 375 g/mol. The van der Waals surface area contributed by atoms with Crippen LogP contribution in [0, 0.1) is 5.41 Å². The Morgan fingerprint density at radius 1 is 1.22 bits per heavy atom. The van der Waals surface area contributed by atoms with Gasteiger partial charge in [0, 0.05) is 0 Å². The van der Waals surface area contributed by atoms with Crippen LogP contribution in [-0.4, -0.2) is 41.6 Å². The van der Waals surface area contributed by atoms with E-state index in [0.29, 0.717) is 25.7 Å². The van der Waals surface area contributed by atoms with Crippen LogP contribution >= 0.6 is 0 Å². The Morgan fingerprint density at radius 3 is 2.15 bits per heavy atom. The molecule has 0 aromatic carbocycles. The van der Waals surface area contributed by atoms with E-state index in [2.05, 4.69) is 24.6 Å². The highest BCUT2D eigenvalue weighted by atomic mass is 16.6. The van der Waals surface area contributed by atoms with Crippen molar-refractivity contribution in [3.05, 3.63) is 36.8 Å². The molecule has 0 radical (unpaired) electrons. The number of allylic oxidation sites excluding steroid dienone is 2. The van der Waals surface area contributed by atoms with Crippen LogP contribution in [0.15, 0.2) is 36.8 Å². The Bertz CT molecular complexity index is 653. The van der Waals surface area contributed by atoms with E-state index in [-0.39, 0.29) is 6.42 Å². The molecule has 0 aliphatic carbocycles. The molecule has 1 heterocycles. The van der Waals surface area contributed by atoms with Crippen molar-refractivity contribution in [3.63, 3.8) is 0 Å². The first-order valence-electron chi connectivity index (χ1n) is 8.95. The van der Waals surface area contributed by atoms with E-state index in [9.17, 15) is 14.4 Å². The highest BCUT2D eigenvalue weighted by Crippen LogP contribution is 2.45. The lowest BCUT2D eigenvalue weighted by Gasteiger charge is -2.28. The second kappa shape index (κ2) is 9.40. The minimum Gasteiger partial charge on any atom is -0.467 e. The summed E-state index contributed by atoms with van der Waals surface area (Å²) in [6.45, 7) is 12.2. The number of amides is 2. The highest BCUT2D eigenvalue weighted by Gasteiger charge is 2.56. The first kappa shape index (κ1) is 22.5. The fourth-order valence-corrected chi connectivity index (χ4v) is 3.24. The van der Waals surface area contributed by atoms with E-state index < -0.39 is 35.0 Å². The predicted molar refractivity (Wildman–Crippen MR) is 102 cm³/mol. The van der Waals surface area contributed by atoms with Gasteiger partial charge in [0.15, 0.2) is 0 Å². The maximum Gasteiger partial charge on any atom is 0.417 e. The number of likely N-dealkylation sites (tertiary alicyclic amines) is 1. The molecule has 1 rings (SSSR count). The maximum absolute atomic E-state index is 13.3. The number of hydrogen-bond acceptors (Lipinski definition) is 5. The number of carbonyl (C=O) groups is 3. The van der Waals surface area contributed by atoms with Crippen LogP contribution in [0.1, 0.15) is 52.9 Å². The van der Waals surface area contributed by atoms with E-state index in [1.54, 1.807) is 32.9 Å². The second-order valence-corrected chi connectivity index (χ2v) is 7.57. The molecule has 0 saturated carbocycles. The molecule has 2 amide bonds. The smallest absolute Gasteiger partial charge is 0.417 e. The lowest BCUT2D eigenvalue weighted by Crippen LogP contribution is -2.47. The molecule has 6 nitrogen and oxygen atoms in total. The fraction of sp³-hybridized carbons (Fsp3) is 0.571. The molecule has 0 bridgehead atoms. The number of rotatable bonds is 7. The zero-order valence-electron chi connectivity index (χ0n) is 16.7. The summed E-state index contributed by atoms with van der Waals surface area (Å²) < 4.78 is 10.2. The zero-order valence-corrected chi connectivity index (χ0v) is 16.7. The Balaban J connectivity index is 3.28. The number of nitrogens with zero attached hydrogens (tertiary/aromatic N) is 1. The molecule has 0 N–H and O–H groups in total. The van der Waals surface area contributed by atoms with Crippen molar-refractivity contribution in [2.75, 3.05) is 7.11 Å². The van der Waals surface area contributed by atoms with E-state index >= 15 is 0 Å². The Hall–Kier alpha value is -2.55. The van der Waals surface area contributed by atoms with Gasteiger partial charge in [-0.05, 0) is 65.0 Å². The summed E-state index contributed by atoms with van der Waals surface area (Å²) in [7, 11) is 1.24. The van der Waals surface area contributed by atoms with Gasteiger partial charge >= 0.3 is 12.1 Å². The van der Waals surface area contributed by atoms with Crippen LogP contribution in [0.3, 0.4) is 0 Å². The molecule has 27 heavy (non-hydrogen) atoms. The minimum atomic E-state index is -1.00. The summed E-state index contributed by atoms with van der Waals surface area (Å²) in [5.74, 6) is -1.04. The van der Waals surface area contributed by atoms with Crippen molar-refractivity contribution < 1.29 is 23.9 Å². The second-order valence-electron chi connectivity index (χ2n) is 7.57. The molecule has 6 heteroatoms. The average molecular weight is 375 g/mol. The van der Waals surface area contributed by atoms with Gasteiger partial charge < -0.3 is 9.47 Å². The number of hydrogen-bond donors (Lipinski definition) is 0. The Labute approximate surface area is 161 Å². The molecule has 0 spiro atoms. The third kappa shape index (κ3) is 5.72. The quantitative estimate of drug-likeness (QED) is 0.498. The van der Waals surface area contributed by atoms with Gasteiger partial charge in [0.25, 0.3) is 0 Å². The van der Waals surface area contributed by atoms with E-state index in [1.807, 2.05) is 0 Å². The first-order valence-corrected chi connectivity index (χ1v) is 8.95. The number of imide groups is 1. The number of methoxy groups -OCH3 is 1. The van der Waals surface area contributed by atoms with Gasteiger partial charge in [-0.3, -0.25) is 4.79 Å². The predicted octanol–water partition coefficient (Wildman–Crippen LogP) is 3.92. The van der Waals surface area contributed by atoms with Crippen LogP contribution in [0.5, 0.6) is 0 Å². The lowest BCUT2D eigenvalue weighted by atomic mass is 9.76. The highest BCUT2D eigenvalue weighted by molar-refractivity contribution is 6.02. The molecule has 1 aliphatic rings. The minimum absolute atomic E-state index is 0.188. The number of carbonyl (C=O) groups excluding carboxylic acids is 3. The molecular formula is C21H29NO5. The van der Waals surface area contributed by atoms with E-state index in [4.69, 9.17) is 9.47 Å². The molecule has 0 aromatic heterocycles. The normalized spacial score (nSPS) is 21.9. The molecule has 1 fully saturated rings. The third-order valence-corrected chi connectivity index (χ3v) is 4.45. The summed E-state index contributed by atoms with van der Waals surface area (Å²) in [4.78, 5) is 39.2. The summed E-state index contributed by atoms with van der Waals surface area (Å²) in [6, 6.07) is -1.00. The van der Waals surface area contributed by atoms with Crippen molar-refractivity contribution in [2.45, 2.75) is 64.5 Å². The van der Waals surface area contributed by atoms with Crippen molar-refractivity contribution in [2.24, 2.45) is 5.41 Å². The zero-order chi connectivity index (χ0) is 20.7. The van der Waals surface area contributed by atoms with Crippen molar-refractivity contribution in [1.29, 1.82) is 0 Å². The molecule has 1 atom stereocenters. The lowest BCUT2D eigenvalue weighted by molar-refractivity contribution is -0.149. The van der Waals surface area contributed by atoms with Crippen molar-refractivity contribution in [3.8, 4) is 0 Å². The molecule has 148 valence electrons. The van der Waals surface area contributed by atoms with Crippen molar-refractivity contribution in [1.82, 2.24) is 4.90 Å². The van der Waals surface area contributed by atoms with Crippen LogP contribution in [0.4, 0.5) is 4.79 Å². The van der Waals surface area contributed by atoms with Gasteiger partial charge in [0.1, 0.15) is 11.6 Å². The van der Waals surface area contributed by atoms with Gasteiger partial charge in [0.05, 0.1) is 12.5 Å². The summed E-state index contributed by atoms with van der Waals surface area (Å²) in [6.07, 6.45) is 4.88. The SMILES string of the molecule is C=C=CCCC1(CCC=C=C)C[C@@H](C(=O)OC)N(C(=O)OC(C)(C)C)C1=O. The van der Waals surface area contributed by atoms with Gasteiger partial charge in [0.2, 0.25) is 5.91 Å². The molecule has 1 aliphatic heterocycles. The number of ether oxygens (including phenoxy) is 2. The van der Waals surface area contributed by atoms with E-state index in [1.165, 1.54) is 7.11 Å². The van der Waals surface area contributed by atoms with Crippen LogP contribution < -0.4 is 0 Å². The van der Waals surface area contributed by atoms with Crippen LogP contribution in [-0.2, 0) is 19.1 Å². The summed E-state index contributed by atoms with van der Waals surface area (Å²) in [5.41, 5.74) is 3.71. The molecular weight excluding hydrogens is 346 g/mol. The van der Waals surface area contributed by atoms with Crippen LogP contribution in [0.25, 0.3) is 0 Å². The largest absolute Gasteiger partial charge is 0.467 e. The topological polar surface area (TPSA) is 72.9 Å². The average Bonchev–Trinajstić information content (AvgIpc) is 2.86. The van der Waals surface area contributed by atoms with Crippen LogP contribution in [0.2, 0.25) is 0 Å². The Kier molecular flexibility index (Phi) is 7.83. The fourth-order valence-electron chi connectivity index (χ4n) is 3.24. The molecule has 0 aromatic rings. The molecule has 0 unspecified atom stereocenters. The summed E-state index contributed by atoms with van der Waals surface area (Å²) >= 11 is 0. The Morgan fingerprint density at radius 2 is 1.74 bits per heavy atom. The van der Waals surface area contributed by atoms with Crippen molar-refractivity contribution >= 4 is 18.0 Å². The summed E-state index contributed by atoms with van der Waals surface area (Å²) in [5, 5.41) is 0. The van der Waals surface area contributed by atoms with Gasteiger partial charge in [-0.25, -0.2) is 14.5 Å². The van der Waals surface area contributed by atoms with Gasteiger partial charge in [-0.2, -0.15) is 0 Å². The molecule has 1 saturated heterocycles. The third-order valence-electron chi connectivity index (χ3n) is 4.45. The van der Waals surface area contributed by atoms with Gasteiger partial charge in [-0.15, -0.1) is 11.5 Å². The first-order chi connectivity index (χ1) is 12.6.